The zero-order chi connectivity index (χ0) is 16.2. The Balaban J connectivity index is 1.53. The van der Waals surface area contributed by atoms with Gasteiger partial charge in [0, 0.05) is 11.1 Å². The first-order valence-corrected chi connectivity index (χ1v) is 8.51. The normalized spacial score (nSPS) is 13.3. The largest absolute Gasteiger partial charge is 0.451 e. The third kappa shape index (κ3) is 4.09. The minimum absolute atomic E-state index is 0.342. The molecule has 1 aliphatic carbocycles. The van der Waals surface area contributed by atoms with Gasteiger partial charge in [-0.25, -0.2) is 9.78 Å². The molecule has 0 bridgehead atoms. The van der Waals surface area contributed by atoms with Crippen LogP contribution in [0.5, 0.6) is 0 Å². The van der Waals surface area contributed by atoms with Gasteiger partial charge in [-0.15, -0.1) is 11.3 Å². The summed E-state index contributed by atoms with van der Waals surface area (Å²) in [5, 5.41) is 3.02. The van der Waals surface area contributed by atoms with Crippen molar-refractivity contribution in [2.75, 3.05) is 11.9 Å². The number of anilines is 1. The van der Waals surface area contributed by atoms with E-state index in [4.69, 9.17) is 16.3 Å². The molecule has 1 N–H and O–H groups in total. The minimum Gasteiger partial charge on any atom is -0.451 e. The van der Waals surface area contributed by atoms with Crippen molar-refractivity contribution in [3.05, 3.63) is 44.7 Å². The summed E-state index contributed by atoms with van der Waals surface area (Å²) in [5.74, 6) is -0.528. The Labute approximate surface area is 142 Å². The average molecular weight is 351 g/mol. The molecule has 7 heteroatoms. The summed E-state index contributed by atoms with van der Waals surface area (Å²) in [6, 6.07) is 5.09. The van der Waals surface area contributed by atoms with E-state index >= 15 is 0 Å². The maximum atomic E-state index is 12.0. The van der Waals surface area contributed by atoms with Crippen molar-refractivity contribution in [2.24, 2.45) is 0 Å². The second-order valence-corrected chi connectivity index (χ2v) is 6.83. The minimum atomic E-state index is -0.455. The first kappa shape index (κ1) is 16.0. The van der Waals surface area contributed by atoms with Crippen LogP contribution in [-0.2, 0) is 22.4 Å². The van der Waals surface area contributed by atoms with E-state index in [0.717, 1.165) is 19.3 Å². The molecule has 2 aromatic rings. The van der Waals surface area contributed by atoms with E-state index < -0.39 is 11.9 Å². The molecule has 0 spiro atoms. The lowest BCUT2D eigenvalue weighted by molar-refractivity contribution is -0.119. The molecule has 0 radical (unpaired) electrons. The Bertz CT molecular complexity index is 704. The van der Waals surface area contributed by atoms with Gasteiger partial charge >= 0.3 is 5.97 Å². The van der Waals surface area contributed by atoms with Crippen molar-refractivity contribution < 1.29 is 14.3 Å². The van der Waals surface area contributed by atoms with E-state index in [1.54, 1.807) is 12.1 Å². The van der Waals surface area contributed by atoms with Crippen molar-refractivity contribution in [1.29, 1.82) is 0 Å². The monoisotopic (exact) mass is 350 g/mol. The number of thiophene rings is 1. The number of carbonyl (C=O) groups excluding carboxylic acids is 2. The van der Waals surface area contributed by atoms with Crippen LogP contribution in [0.25, 0.3) is 0 Å². The lowest BCUT2D eigenvalue weighted by Gasteiger charge is -2.08. The number of nitrogens with one attached hydrogen (secondary N) is 1. The third-order valence-corrected chi connectivity index (χ3v) is 4.97. The maximum Gasteiger partial charge on any atom is 0.348 e. The Morgan fingerprint density at radius 3 is 2.87 bits per heavy atom. The maximum absolute atomic E-state index is 12.0. The smallest absolute Gasteiger partial charge is 0.348 e. The fourth-order valence-corrected chi connectivity index (χ4v) is 3.68. The number of carbonyl (C=O) groups is 2. The molecule has 0 unspecified atom stereocenters. The van der Waals surface area contributed by atoms with Crippen LogP contribution < -0.4 is 5.32 Å². The van der Waals surface area contributed by atoms with Crippen molar-refractivity contribution in [1.82, 2.24) is 4.98 Å². The van der Waals surface area contributed by atoms with Gasteiger partial charge < -0.3 is 10.1 Å². The number of rotatable bonds is 4. The number of pyridine rings is 1. The van der Waals surface area contributed by atoms with Crippen LogP contribution in [0.15, 0.2) is 24.4 Å². The quantitative estimate of drug-likeness (QED) is 0.857. The molecule has 5 nitrogen and oxygen atoms in total. The molecule has 3 rings (SSSR count). The average Bonchev–Trinajstić information content (AvgIpc) is 2.99. The van der Waals surface area contributed by atoms with E-state index in [0.29, 0.717) is 15.7 Å². The summed E-state index contributed by atoms with van der Waals surface area (Å²) >= 11 is 7.19. The molecule has 23 heavy (non-hydrogen) atoms. The molecule has 0 saturated heterocycles. The second-order valence-electron chi connectivity index (χ2n) is 5.25. The van der Waals surface area contributed by atoms with Crippen LogP contribution in [0.1, 0.15) is 33.0 Å². The Kier molecular flexibility index (Phi) is 4.93. The van der Waals surface area contributed by atoms with E-state index in [1.165, 1.54) is 34.4 Å². The highest BCUT2D eigenvalue weighted by Gasteiger charge is 2.19. The molecule has 1 aliphatic rings. The highest BCUT2D eigenvalue weighted by molar-refractivity contribution is 7.14. The highest BCUT2D eigenvalue weighted by atomic mass is 35.5. The van der Waals surface area contributed by atoms with Gasteiger partial charge in [-0.05, 0) is 49.4 Å². The lowest BCUT2D eigenvalue weighted by Crippen LogP contribution is -2.21. The topological polar surface area (TPSA) is 68.3 Å². The summed E-state index contributed by atoms with van der Waals surface area (Å²) in [6.45, 7) is -0.342. The van der Waals surface area contributed by atoms with Crippen LogP contribution in [0, 0.1) is 0 Å². The summed E-state index contributed by atoms with van der Waals surface area (Å²) in [7, 11) is 0. The molecular formula is C16H15ClN2O3S. The number of ether oxygens (including phenoxy) is 1. The van der Waals surface area contributed by atoms with E-state index in [-0.39, 0.29) is 6.61 Å². The zero-order valence-electron chi connectivity index (χ0n) is 12.3. The van der Waals surface area contributed by atoms with Gasteiger partial charge in [-0.3, -0.25) is 4.79 Å². The Morgan fingerprint density at radius 1 is 1.30 bits per heavy atom. The fourth-order valence-electron chi connectivity index (χ4n) is 2.42. The van der Waals surface area contributed by atoms with Gasteiger partial charge in [0.25, 0.3) is 5.91 Å². The summed E-state index contributed by atoms with van der Waals surface area (Å²) in [6.07, 6.45) is 5.80. The molecule has 0 aliphatic heterocycles. The van der Waals surface area contributed by atoms with Crippen LogP contribution in [0.4, 0.5) is 5.82 Å². The SMILES string of the molecule is O=C(COC(=O)c1cc2c(s1)CCCC2)Nc1ccc(Cl)cn1. The highest BCUT2D eigenvalue weighted by Crippen LogP contribution is 2.29. The molecule has 2 aromatic heterocycles. The first-order valence-electron chi connectivity index (χ1n) is 7.32. The second kappa shape index (κ2) is 7.10. The summed E-state index contributed by atoms with van der Waals surface area (Å²) < 4.78 is 5.07. The Morgan fingerprint density at radius 2 is 2.13 bits per heavy atom. The van der Waals surface area contributed by atoms with Gasteiger partial charge in [0.1, 0.15) is 10.7 Å². The summed E-state index contributed by atoms with van der Waals surface area (Å²) in [5.41, 5.74) is 1.24. The molecular weight excluding hydrogens is 336 g/mol. The van der Waals surface area contributed by atoms with Gasteiger partial charge in [-0.2, -0.15) is 0 Å². The molecule has 0 saturated carbocycles. The third-order valence-electron chi connectivity index (χ3n) is 3.53. The number of fused-ring (bicyclic) bond motifs is 1. The standard InChI is InChI=1S/C16H15ClN2O3S/c17-11-5-6-14(18-8-11)19-15(20)9-22-16(21)13-7-10-3-1-2-4-12(10)23-13/h5-8H,1-4,9H2,(H,18,19,20). The number of aryl methyl sites for hydroxylation is 2. The van der Waals surface area contributed by atoms with Crippen LogP contribution in [-0.4, -0.2) is 23.5 Å². The first-order chi connectivity index (χ1) is 11.1. The van der Waals surface area contributed by atoms with Gasteiger partial charge in [0.2, 0.25) is 0 Å². The van der Waals surface area contributed by atoms with Gasteiger partial charge in [-0.1, -0.05) is 11.6 Å². The van der Waals surface area contributed by atoms with E-state index in [2.05, 4.69) is 10.3 Å². The number of esters is 1. The number of halogens is 1. The summed E-state index contributed by atoms with van der Waals surface area (Å²) in [4.78, 5) is 29.6. The number of hydrogen-bond donors (Lipinski definition) is 1. The zero-order valence-corrected chi connectivity index (χ0v) is 13.9. The van der Waals surface area contributed by atoms with Crippen molar-refractivity contribution in [2.45, 2.75) is 25.7 Å². The Hall–Kier alpha value is -1.92. The van der Waals surface area contributed by atoms with Crippen LogP contribution in [0.2, 0.25) is 5.02 Å². The van der Waals surface area contributed by atoms with Crippen molar-refractivity contribution in [3.63, 3.8) is 0 Å². The number of nitrogens with zero attached hydrogens (tertiary/aromatic N) is 1. The van der Waals surface area contributed by atoms with Gasteiger partial charge in [0.05, 0.1) is 5.02 Å². The van der Waals surface area contributed by atoms with Crippen LogP contribution >= 0.6 is 22.9 Å². The van der Waals surface area contributed by atoms with E-state index in [9.17, 15) is 9.59 Å². The van der Waals surface area contributed by atoms with Crippen molar-refractivity contribution in [3.8, 4) is 0 Å². The number of aromatic nitrogens is 1. The van der Waals surface area contributed by atoms with Gasteiger partial charge in [0.15, 0.2) is 6.61 Å². The molecule has 1 amide bonds. The molecule has 0 aromatic carbocycles. The molecule has 0 atom stereocenters. The van der Waals surface area contributed by atoms with E-state index in [1.807, 2.05) is 6.07 Å². The number of hydrogen-bond acceptors (Lipinski definition) is 5. The lowest BCUT2D eigenvalue weighted by atomic mass is 9.99. The predicted octanol–water partition coefficient (Wildman–Crippen LogP) is 3.47. The fraction of sp³-hybridized carbons (Fsp3) is 0.312. The predicted molar refractivity (Wildman–Crippen MR) is 89.1 cm³/mol. The van der Waals surface area contributed by atoms with Crippen LogP contribution in [0.3, 0.4) is 0 Å². The van der Waals surface area contributed by atoms with Crippen molar-refractivity contribution >= 4 is 40.6 Å². The molecule has 120 valence electrons. The molecule has 2 heterocycles. The molecule has 0 fully saturated rings. The number of amides is 1.